The minimum absolute atomic E-state index is 0.00965. The highest BCUT2D eigenvalue weighted by Gasteiger charge is 2.35. The summed E-state index contributed by atoms with van der Waals surface area (Å²) in [4.78, 5) is 32.1. The number of H-pyrrole nitrogens is 1. The largest absolute Gasteiger partial charge is 0.444 e. The van der Waals surface area contributed by atoms with Crippen molar-refractivity contribution in [1.82, 2.24) is 15.2 Å². The zero-order valence-electron chi connectivity index (χ0n) is 20.3. The molecule has 0 radical (unpaired) electrons. The van der Waals surface area contributed by atoms with Gasteiger partial charge in [0.15, 0.2) is 5.69 Å². The summed E-state index contributed by atoms with van der Waals surface area (Å²) in [6.45, 7) is 7.57. The molecule has 12 heteroatoms. The second-order valence-corrected chi connectivity index (χ2v) is 10.5. The van der Waals surface area contributed by atoms with Crippen LogP contribution in [0.2, 0.25) is 0 Å². The van der Waals surface area contributed by atoms with Gasteiger partial charge in [0, 0.05) is 6.20 Å². The molecule has 0 aliphatic carbocycles. The van der Waals surface area contributed by atoms with Crippen LogP contribution < -0.4 is 10.2 Å². The molecule has 2 unspecified atom stereocenters. The maximum atomic E-state index is 14.6. The van der Waals surface area contributed by atoms with Crippen molar-refractivity contribution >= 4 is 34.0 Å². The molecule has 2 aromatic heterocycles. The van der Waals surface area contributed by atoms with Gasteiger partial charge in [-0.1, -0.05) is 24.3 Å². The number of aromatic nitrogens is 3. The Bertz CT molecular complexity index is 1210. The Labute approximate surface area is 210 Å². The third-order valence-electron chi connectivity index (χ3n) is 5.37. The summed E-state index contributed by atoms with van der Waals surface area (Å²) in [6.07, 6.45) is 2.94. The molecule has 1 aliphatic rings. The summed E-state index contributed by atoms with van der Waals surface area (Å²) >= 11 is 0.770. The van der Waals surface area contributed by atoms with E-state index in [1.807, 2.05) is 0 Å². The summed E-state index contributed by atoms with van der Waals surface area (Å²) in [5, 5.41) is 9.02. The third kappa shape index (κ3) is 5.71. The maximum absolute atomic E-state index is 14.6. The quantitative estimate of drug-likeness (QED) is 0.456. The van der Waals surface area contributed by atoms with Crippen LogP contribution in [0.4, 0.5) is 24.3 Å². The van der Waals surface area contributed by atoms with Crippen LogP contribution in [0.3, 0.4) is 0 Å². The number of nitrogens with zero attached hydrogens (tertiary/aromatic N) is 3. The average molecular weight is 520 g/mol. The Kier molecular flexibility index (Phi) is 7.36. The molecular formula is C24H27F2N5O4S. The second-order valence-electron chi connectivity index (χ2n) is 9.52. The molecule has 3 heterocycles. The van der Waals surface area contributed by atoms with E-state index < -0.39 is 41.0 Å². The van der Waals surface area contributed by atoms with Gasteiger partial charge in [0.25, 0.3) is 5.91 Å². The lowest BCUT2D eigenvalue weighted by molar-refractivity contribution is -0.0105. The predicted molar refractivity (Wildman–Crippen MR) is 131 cm³/mol. The molecule has 36 heavy (non-hydrogen) atoms. The monoisotopic (exact) mass is 519 g/mol. The normalized spacial score (nSPS) is 18.1. The van der Waals surface area contributed by atoms with Crippen molar-refractivity contribution in [1.29, 1.82) is 0 Å². The van der Waals surface area contributed by atoms with Crippen LogP contribution >= 0.6 is 11.3 Å². The lowest BCUT2D eigenvalue weighted by atomic mass is 10.0. The molecule has 3 aromatic rings. The number of halogens is 2. The number of amides is 2. The van der Waals surface area contributed by atoms with Gasteiger partial charge in [-0.3, -0.25) is 20.1 Å². The first-order chi connectivity index (χ1) is 17.0. The number of ether oxygens (including phenoxy) is 2. The van der Waals surface area contributed by atoms with E-state index in [4.69, 9.17) is 9.47 Å². The van der Waals surface area contributed by atoms with Crippen molar-refractivity contribution < 1.29 is 27.8 Å². The number of anilines is 2. The molecule has 192 valence electrons. The van der Waals surface area contributed by atoms with Gasteiger partial charge in [0.05, 0.1) is 24.1 Å². The number of benzene rings is 1. The lowest BCUT2D eigenvalue weighted by Crippen LogP contribution is -2.45. The Morgan fingerprint density at radius 3 is 2.56 bits per heavy atom. The van der Waals surface area contributed by atoms with Gasteiger partial charge in [-0.25, -0.2) is 18.6 Å². The maximum Gasteiger partial charge on any atom is 0.412 e. The van der Waals surface area contributed by atoms with Gasteiger partial charge in [-0.2, -0.15) is 5.10 Å². The molecule has 1 aliphatic heterocycles. The van der Waals surface area contributed by atoms with Gasteiger partial charge >= 0.3 is 6.09 Å². The van der Waals surface area contributed by atoms with Crippen LogP contribution in [0, 0.1) is 17.6 Å². The molecule has 9 nitrogen and oxygen atoms in total. The van der Waals surface area contributed by atoms with Crippen LogP contribution in [0.5, 0.6) is 0 Å². The number of hydrogen-bond donors (Lipinski definition) is 2. The molecule has 4 rings (SSSR count). The minimum Gasteiger partial charge on any atom is -0.444 e. The summed E-state index contributed by atoms with van der Waals surface area (Å²) in [5.41, 5.74) is -0.984. The lowest BCUT2D eigenvalue weighted by Gasteiger charge is -2.35. The highest BCUT2D eigenvalue weighted by molar-refractivity contribution is 7.19. The van der Waals surface area contributed by atoms with Gasteiger partial charge in [-0.05, 0) is 51.7 Å². The highest BCUT2D eigenvalue weighted by atomic mass is 32.1. The van der Waals surface area contributed by atoms with Crippen LogP contribution in [0.15, 0.2) is 30.6 Å². The van der Waals surface area contributed by atoms with E-state index in [2.05, 4.69) is 27.4 Å². The Morgan fingerprint density at radius 1 is 1.25 bits per heavy atom. The standard InChI is InChI=1S/C24H27F2N5O4S/c1-13-8-9-17(34-12-13)31(14-10-27-28-11-14)22(32)19-21(30-23(33)35-24(2,3)4)36-20(29-19)18-15(25)6-5-7-16(18)26/h5-7,10-11,13,17H,8-9,12H2,1-4H3,(H,27,28)(H,30,33). The first-order valence-corrected chi connectivity index (χ1v) is 12.2. The number of hydrogen-bond acceptors (Lipinski definition) is 7. The van der Waals surface area contributed by atoms with Crippen molar-refractivity contribution in [2.45, 2.75) is 52.4 Å². The number of carbonyl (C=O) groups is 2. The third-order valence-corrected chi connectivity index (χ3v) is 6.36. The van der Waals surface area contributed by atoms with E-state index in [0.717, 1.165) is 29.9 Å². The van der Waals surface area contributed by atoms with Crippen LogP contribution in [-0.4, -0.2) is 45.6 Å². The highest BCUT2D eigenvalue weighted by Crippen LogP contribution is 2.37. The number of thiazole rings is 1. The average Bonchev–Trinajstić information content (AvgIpc) is 3.44. The number of carbonyl (C=O) groups excluding carboxylic acids is 2. The molecule has 2 atom stereocenters. The van der Waals surface area contributed by atoms with Crippen LogP contribution in [0.1, 0.15) is 51.0 Å². The zero-order chi connectivity index (χ0) is 26.0. The molecule has 1 saturated heterocycles. The number of nitrogens with one attached hydrogen (secondary N) is 2. The first kappa shape index (κ1) is 25.7. The van der Waals surface area contributed by atoms with Crippen molar-refractivity contribution in [3.05, 3.63) is 47.9 Å². The summed E-state index contributed by atoms with van der Waals surface area (Å²) < 4.78 is 40.4. The fraction of sp³-hybridized carbons (Fsp3) is 0.417. The first-order valence-electron chi connectivity index (χ1n) is 11.4. The van der Waals surface area contributed by atoms with E-state index in [1.54, 1.807) is 20.8 Å². The van der Waals surface area contributed by atoms with Gasteiger partial charge in [0.1, 0.15) is 33.5 Å². The minimum atomic E-state index is -0.845. The van der Waals surface area contributed by atoms with E-state index in [0.29, 0.717) is 24.6 Å². The van der Waals surface area contributed by atoms with Gasteiger partial charge in [-0.15, -0.1) is 0 Å². The Balaban J connectivity index is 1.77. The van der Waals surface area contributed by atoms with Crippen molar-refractivity contribution in [2.75, 3.05) is 16.8 Å². The molecule has 2 N–H and O–H groups in total. The van der Waals surface area contributed by atoms with Crippen molar-refractivity contribution in [3.8, 4) is 10.6 Å². The topological polar surface area (TPSA) is 109 Å². The molecule has 1 aromatic carbocycles. The van der Waals surface area contributed by atoms with Gasteiger partial charge in [0.2, 0.25) is 0 Å². The Morgan fingerprint density at radius 2 is 1.97 bits per heavy atom. The number of rotatable bonds is 5. The van der Waals surface area contributed by atoms with Crippen molar-refractivity contribution in [2.24, 2.45) is 5.92 Å². The summed E-state index contributed by atoms with van der Waals surface area (Å²) in [7, 11) is 0. The van der Waals surface area contributed by atoms with E-state index >= 15 is 0 Å². The smallest absolute Gasteiger partial charge is 0.412 e. The molecule has 0 bridgehead atoms. The predicted octanol–water partition coefficient (Wildman–Crippen LogP) is 5.58. The SMILES string of the molecule is CC1CCC(N(C(=O)c2nc(-c3c(F)cccc3F)sc2NC(=O)OC(C)(C)C)c2cn[nH]c2)OC1. The van der Waals surface area contributed by atoms with E-state index in [9.17, 15) is 18.4 Å². The molecule has 2 amide bonds. The number of aromatic amines is 1. The van der Waals surface area contributed by atoms with E-state index in [1.165, 1.54) is 23.4 Å². The zero-order valence-corrected chi connectivity index (χ0v) is 21.1. The van der Waals surface area contributed by atoms with Crippen molar-refractivity contribution in [3.63, 3.8) is 0 Å². The second kappa shape index (κ2) is 10.3. The molecular weight excluding hydrogens is 492 g/mol. The Hall–Kier alpha value is -3.38. The van der Waals surface area contributed by atoms with Gasteiger partial charge < -0.3 is 9.47 Å². The summed E-state index contributed by atoms with van der Waals surface area (Å²) in [5.74, 6) is -1.98. The van der Waals surface area contributed by atoms with Crippen LogP contribution in [-0.2, 0) is 9.47 Å². The van der Waals surface area contributed by atoms with E-state index in [-0.39, 0.29) is 15.7 Å². The molecule has 1 fully saturated rings. The molecule has 0 saturated carbocycles. The fourth-order valence-corrected chi connectivity index (χ4v) is 4.72. The summed E-state index contributed by atoms with van der Waals surface area (Å²) in [6, 6.07) is 3.42. The fourth-order valence-electron chi connectivity index (χ4n) is 3.73. The molecule has 0 spiro atoms. The van der Waals surface area contributed by atoms with Crippen LogP contribution in [0.25, 0.3) is 10.6 Å².